The maximum Gasteiger partial charge on any atom is 0.335 e. The second-order valence-electron chi connectivity index (χ2n) is 5.32. The van der Waals surface area contributed by atoms with Crippen LogP contribution in [0.2, 0.25) is 19.6 Å². The first-order chi connectivity index (χ1) is 7.45. The molecule has 0 bridgehead atoms. The Morgan fingerprint density at radius 1 is 1.19 bits per heavy atom. The van der Waals surface area contributed by atoms with Gasteiger partial charge in [-0.1, -0.05) is 39.4 Å². The minimum absolute atomic E-state index is 0.211. The summed E-state index contributed by atoms with van der Waals surface area (Å²) in [6, 6.07) is 3.50. The first kappa shape index (κ1) is 13.2. The summed E-state index contributed by atoms with van der Waals surface area (Å²) < 4.78 is 5.41. The molecule has 1 heterocycles. The van der Waals surface area contributed by atoms with Crippen LogP contribution in [-0.2, 0) is 6.42 Å². The number of hydrogen-bond acceptors (Lipinski definition) is 2. The van der Waals surface area contributed by atoms with Crippen LogP contribution in [-0.4, -0.2) is 8.07 Å². The predicted octanol–water partition coefficient (Wildman–Crippen LogP) is 2.92. The molecule has 0 saturated heterocycles. The van der Waals surface area contributed by atoms with Crippen molar-refractivity contribution in [1.29, 1.82) is 0 Å². The van der Waals surface area contributed by atoms with E-state index in [0.29, 0.717) is 0 Å². The van der Waals surface area contributed by atoms with E-state index in [1.807, 2.05) is 6.07 Å². The van der Waals surface area contributed by atoms with Gasteiger partial charge in [0.2, 0.25) is 0 Å². The molecule has 0 N–H and O–H groups in total. The summed E-state index contributed by atoms with van der Waals surface area (Å²) in [7, 11) is -1.54. The second-order valence-corrected chi connectivity index (χ2v) is 10.3. The number of unbranched alkanes of at least 4 members (excludes halogenated alkanes) is 2. The van der Waals surface area contributed by atoms with Crippen LogP contribution in [0.15, 0.2) is 21.3 Å². The molecule has 0 unspecified atom stereocenters. The Labute approximate surface area is 98.7 Å². The van der Waals surface area contributed by atoms with Gasteiger partial charge in [-0.05, 0) is 24.5 Å². The zero-order chi connectivity index (χ0) is 12.2. The van der Waals surface area contributed by atoms with Crippen LogP contribution in [0.5, 0.6) is 0 Å². The van der Waals surface area contributed by atoms with Crippen molar-refractivity contribution in [1.82, 2.24) is 0 Å². The van der Waals surface area contributed by atoms with Crippen molar-refractivity contribution < 1.29 is 4.42 Å². The average Bonchev–Trinajstić information content (AvgIpc) is 2.19. The van der Waals surface area contributed by atoms with Crippen molar-refractivity contribution in [2.75, 3.05) is 0 Å². The normalized spacial score (nSPS) is 11.8. The quantitative estimate of drug-likeness (QED) is 0.583. The van der Waals surface area contributed by atoms with E-state index < -0.39 is 8.07 Å². The van der Waals surface area contributed by atoms with E-state index in [-0.39, 0.29) is 5.63 Å². The van der Waals surface area contributed by atoms with Crippen LogP contribution in [0.25, 0.3) is 0 Å². The Balaban J connectivity index is 2.95. The molecule has 0 atom stereocenters. The molecule has 1 aromatic rings. The number of hydrogen-bond donors (Lipinski definition) is 0. The molecule has 3 heteroatoms. The SMILES string of the molecule is CCCCCc1ccc(=O)oc1[Si](C)(C)C. The highest BCUT2D eigenvalue weighted by molar-refractivity contribution is 6.88. The van der Waals surface area contributed by atoms with E-state index in [4.69, 9.17) is 4.42 Å². The molecule has 0 aromatic carbocycles. The minimum atomic E-state index is -1.54. The van der Waals surface area contributed by atoms with Crippen molar-refractivity contribution in [2.45, 2.75) is 52.2 Å². The fourth-order valence-electron chi connectivity index (χ4n) is 1.84. The number of rotatable bonds is 5. The Morgan fingerprint density at radius 2 is 1.88 bits per heavy atom. The van der Waals surface area contributed by atoms with Crippen molar-refractivity contribution in [3.05, 3.63) is 28.1 Å². The van der Waals surface area contributed by atoms with Gasteiger partial charge in [-0.15, -0.1) is 0 Å². The first-order valence-electron chi connectivity index (χ1n) is 6.08. The molecule has 0 aliphatic rings. The van der Waals surface area contributed by atoms with Gasteiger partial charge in [0.15, 0.2) is 0 Å². The molecule has 0 aliphatic carbocycles. The Morgan fingerprint density at radius 3 is 2.44 bits per heavy atom. The highest BCUT2D eigenvalue weighted by Crippen LogP contribution is 2.09. The zero-order valence-corrected chi connectivity index (χ0v) is 11.8. The van der Waals surface area contributed by atoms with Crippen molar-refractivity contribution in [2.24, 2.45) is 0 Å². The van der Waals surface area contributed by atoms with Crippen LogP contribution in [0.4, 0.5) is 0 Å². The third-order valence-electron chi connectivity index (χ3n) is 2.65. The fraction of sp³-hybridized carbons (Fsp3) is 0.615. The van der Waals surface area contributed by atoms with Gasteiger partial charge in [-0.2, -0.15) is 0 Å². The van der Waals surface area contributed by atoms with Crippen LogP contribution < -0.4 is 11.0 Å². The Hall–Kier alpha value is -0.833. The maximum atomic E-state index is 11.3. The van der Waals surface area contributed by atoms with E-state index in [0.717, 1.165) is 11.8 Å². The van der Waals surface area contributed by atoms with E-state index in [1.165, 1.54) is 24.8 Å². The molecule has 90 valence electrons. The van der Waals surface area contributed by atoms with E-state index >= 15 is 0 Å². The van der Waals surface area contributed by atoms with Crippen LogP contribution in [0.3, 0.4) is 0 Å². The van der Waals surface area contributed by atoms with Crippen molar-refractivity contribution in [3.63, 3.8) is 0 Å². The second kappa shape index (κ2) is 5.48. The lowest BCUT2D eigenvalue weighted by Gasteiger charge is -2.18. The molecular formula is C13H22O2Si. The van der Waals surface area contributed by atoms with Crippen LogP contribution in [0.1, 0.15) is 31.7 Å². The summed E-state index contributed by atoms with van der Waals surface area (Å²) in [4.78, 5) is 11.3. The standard InChI is InChI=1S/C13H22O2Si/c1-5-6-7-8-11-9-10-12(14)15-13(11)16(2,3)4/h9-10H,5-8H2,1-4H3. The number of aryl methyl sites for hydroxylation is 1. The smallest absolute Gasteiger partial charge is 0.335 e. The summed E-state index contributed by atoms with van der Waals surface area (Å²) in [5.74, 6) is 0. The monoisotopic (exact) mass is 238 g/mol. The Bertz CT molecular complexity index is 388. The molecule has 0 radical (unpaired) electrons. The summed E-state index contributed by atoms with van der Waals surface area (Å²) in [6.07, 6.45) is 4.68. The van der Waals surface area contributed by atoms with Gasteiger partial charge >= 0.3 is 5.63 Å². The van der Waals surface area contributed by atoms with E-state index in [1.54, 1.807) is 6.07 Å². The van der Waals surface area contributed by atoms with Crippen LogP contribution >= 0.6 is 0 Å². The molecular weight excluding hydrogens is 216 g/mol. The average molecular weight is 238 g/mol. The molecule has 2 nitrogen and oxygen atoms in total. The van der Waals surface area contributed by atoms with E-state index in [9.17, 15) is 4.79 Å². The molecule has 16 heavy (non-hydrogen) atoms. The largest absolute Gasteiger partial charge is 0.433 e. The van der Waals surface area contributed by atoms with Crippen molar-refractivity contribution in [3.8, 4) is 0 Å². The third-order valence-corrected chi connectivity index (χ3v) is 4.43. The van der Waals surface area contributed by atoms with Gasteiger partial charge in [0.05, 0.1) is 5.38 Å². The van der Waals surface area contributed by atoms with Gasteiger partial charge < -0.3 is 4.42 Å². The predicted molar refractivity (Wildman–Crippen MR) is 71.2 cm³/mol. The first-order valence-corrected chi connectivity index (χ1v) is 9.58. The lowest BCUT2D eigenvalue weighted by atomic mass is 10.1. The van der Waals surface area contributed by atoms with Gasteiger partial charge in [-0.25, -0.2) is 4.79 Å². The lowest BCUT2D eigenvalue weighted by molar-refractivity contribution is 0.532. The highest BCUT2D eigenvalue weighted by atomic mass is 28.3. The molecule has 0 amide bonds. The summed E-state index contributed by atoms with van der Waals surface area (Å²) in [5, 5.41) is 0.983. The zero-order valence-electron chi connectivity index (χ0n) is 10.8. The van der Waals surface area contributed by atoms with E-state index in [2.05, 4.69) is 26.6 Å². The topological polar surface area (TPSA) is 30.2 Å². The molecule has 1 rings (SSSR count). The fourth-order valence-corrected chi connectivity index (χ4v) is 3.42. The molecule has 0 fully saturated rings. The summed E-state index contributed by atoms with van der Waals surface area (Å²) in [6.45, 7) is 8.85. The van der Waals surface area contributed by atoms with Gasteiger partial charge in [0.1, 0.15) is 8.07 Å². The third kappa shape index (κ3) is 3.63. The maximum absolute atomic E-state index is 11.3. The lowest BCUT2D eigenvalue weighted by Crippen LogP contribution is -2.41. The van der Waals surface area contributed by atoms with Crippen molar-refractivity contribution >= 4 is 13.5 Å². The summed E-state index contributed by atoms with van der Waals surface area (Å²) >= 11 is 0. The molecule has 0 aliphatic heterocycles. The van der Waals surface area contributed by atoms with Gasteiger partial charge in [0.25, 0.3) is 0 Å². The molecule has 0 saturated carbocycles. The summed E-state index contributed by atoms with van der Waals surface area (Å²) in [5.41, 5.74) is 1.03. The highest BCUT2D eigenvalue weighted by Gasteiger charge is 2.23. The Kier molecular flexibility index (Phi) is 4.53. The molecule has 0 spiro atoms. The molecule has 1 aromatic heterocycles. The van der Waals surface area contributed by atoms with Crippen LogP contribution in [0, 0.1) is 0 Å². The van der Waals surface area contributed by atoms with Gasteiger partial charge in [-0.3, -0.25) is 0 Å². The minimum Gasteiger partial charge on any atom is -0.433 e. The van der Waals surface area contributed by atoms with Gasteiger partial charge in [0, 0.05) is 6.07 Å².